The minimum atomic E-state index is -0.497. The Balaban J connectivity index is 2.09. The molecule has 0 aliphatic carbocycles. The first kappa shape index (κ1) is 23.7. The van der Waals surface area contributed by atoms with Gasteiger partial charge in [0.25, 0.3) is 0 Å². The summed E-state index contributed by atoms with van der Waals surface area (Å²) in [6.07, 6.45) is 14.5. The van der Waals surface area contributed by atoms with Crippen molar-refractivity contribution < 1.29 is 19.1 Å². The van der Waals surface area contributed by atoms with Gasteiger partial charge in [-0.2, -0.15) is 0 Å². The van der Waals surface area contributed by atoms with Gasteiger partial charge >= 0.3 is 11.9 Å². The zero-order valence-corrected chi connectivity index (χ0v) is 17.3. The number of hydrogen-bond acceptors (Lipinski definition) is 5. The molecule has 0 N–H and O–H groups in total. The van der Waals surface area contributed by atoms with Crippen LogP contribution < -0.4 is 0 Å². The molecule has 0 amide bonds. The van der Waals surface area contributed by atoms with Gasteiger partial charge in [0, 0.05) is 18.7 Å². The average Bonchev–Trinajstić information content (AvgIpc) is 2.67. The molecule has 0 bridgehead atoms. The third-order valence-electron chi connectivity index (χ3n) is 5.04. The van der Waals surface area contributed by atoms with Crippen LogP contribution in [0.15, 0.2) is 12.2 Å². The lowest BCUT2D eigenvalue weighted by molar-refractivity contribution is -0.145. The molecule has 5 heteroatoms. The quantitative estimate of drug-likeness (QED) is 0.280. The highest BCUT2D eigenvalue weighted by Crippen LogP contribution is 2.12. The molecule has 0 atom stereocenters. The van der Waals surface area contributed by atoms with E-state index in [2.05, 4.69) is 18.4 Å². The van der Waals surface area contributed by atoms with Crippen molar-refractivity contribution in [2.75, 3.05) is 32.8 Å². The minimum Gasteiger partial charge on any atom is -0.464 e. The molecule has 1 rings (SSSR count). The maximum Gasteiger partial charge on any atom is 0.334 e. The molecule has 0 unspecified atom stereocenters. The minimum absolute atomic E-state index is 0.0859. The molecule has 27 heavy (non-hydrogen) atoms. The zero-order valence-electron chi connectivity index (χ0n) is 17.3. The Hall–Kier alpha value is -1.36. The normalized spacial score (nSPS) is 17.3. The molecule has 0 spiro atoms. The number of ether oxygens (including phenoxy) is 2. The van der Waals surface area contributed by atoms with Gasteiger partial charge in [-0.3, -0.25) is 9.69 Å². The van der Waals surface area contributed by atoms with E-state index in [9.17, 15) is 9.59 Å². The van der Waals surface area contributed by atoms with E-state index < -0.39 is 11.9 Å². The summed E-state index contributed by atoms with van der Waals surface area (Å²) in [4.78, 5) is 25.5. The number of hydrogen-bond donors (Lipinski definition) is 0. The Morgan fingerprint density at radius 2 is 1.33 bits per heavy atom. The van der Waals surface area contributed by atoms with Crippen molar-refractivity contribution in [2.24, 2.45) is 0 Å². The van der Waals surface area contributed by atoms with Gasteiger partial charge in [-0.15, -0.1) is 0 Å². The van der Waals surface area contributed by atoms with Crippen LogP contribution in [-0.2, 0) is 19.1 Å². The Morgan fingerprint density at radius 1 is 0.815 bits per heavy atom. The molecule has 0 aromatic heterocycles. The third kappa shape index (κ3) is 12.6. The largest absolute Gasteiger partial charge is 0.464 e. The highest BCUT2D eigenvalue weighted by molar-refractivity contribution is 5.93. The molecule has 5 nitrogen and oxygen atoms in total. The van der Waals surface area contributed by atoms with E-state index in [1.165, 1.54) is 64.2 Å². The van der Waals surface area contributed by atoms with E-state index >= 15 is 0 Å². The Bertz CT molecular complexity index is 436. The van der Waals surface area contributed by atoms with Crippen LogP contribution in [0.2, 0.25) is 0 Å². The van der Waals surface area contributed by atoms with Gasteiger partial charge < -0.3 is 9.47 Å². The van der Waals surface area contributed by atoms with E-state index in [0.717, 1.165) is 13.0 Å². The highest BCUT2D eigenvalue weighted by Gasteiger charge is 2.17. The van der Waals surface area contributed by atoms with Gasteiger partial charge in [0.05, 0.1) is 6.42 Å². The van der Waals surface area contributed by atoms with Crippen LogP contribution in [0, 0.1) is 0 Å². The summed E-state index contributed by atoms with van der Waals surface area (Å²) in [5, 5.41) is 0. The number of nitrogens with zero attached hydrogens (tertiary/aromatic N) is 1. The van der Waals surface area contributed by atoms with Gasteiger partial charge in [0.15, 0.2) is 0 Å². The molecular weight excluding hydrogens is 342 g/mol. The SMILES string of the molecule is C=C1CC(=O)OCCN(CCCCCCCCCCCCC)CCOC1=O. The summed E-state index contributed by atoms with van der Waals surface area (Å²) < 4.78 is 10.4. The number of unbranched alkanes of at least 4 members (excludes halogenated alkanes) is 10. The number of cyclic esters (lactones) is 2. The summed E-state index contributed by atoms with van der Waals surface area (Å²) >= 11 is 0. The third-order valence-corrected chi connectivity index (χ3v) is 5.04. The molecular formula is C22H39NO4. The lowest BCUT2D eigenvalue weighted by Crippen LogP contribution is -2.32. The van der Waals surface area contributed by atoms with Crippen LogP contribution in [-0.4, -0.2) is 49.7 Å². The van der Waals surface area contributed by atoms with Gasteiger partial charge in [-0.05, 0) is 13.0 Å². The van der Waals surface area contributed by atoms with Crippen LogP contribution in [0.3, 0.4) is 0 Å². The fraction of sp³-hybridized carbons (Fsp3) is 0.818. The van der Waals surface area contributed by atoms with Crippen molar-refractivity contribution in [2.45, 2.75) is 84.0 Å². The van der Waals surface area contributed by atoms with Crippen LogP contribution in [0.4, 0.5) is 0 Å². The van der Waals surface area contributed by atoms with Crippen LogP contribution in [0.1, 0.15) is 84.0 Å². The van der Waals surface area contributed by atoms with Crippen LogP contribution in [0.25, 0.3) is 0 Å². The van der Waals surface area contributed by atoms with E-state index in [4.69, 9.17) is 9.47 Å². The fourth-order valence-electron chi connectivity index (χ4n) is 3.29. The fourth-order valence-corrected chi connectivity index (χ4v) is 3.29. The van der Waals surface area contributed by atoms with Crippen LogP contribution >= 0.6 is 0 Å². The van der Waals surface area contributed by atoms with Gasteiger partial charge in [-0.1, -0.05) is 77.7 Å². The van der Waals surface area contributed by atoms with Gasteiger partial charge in [0.2, 0.25) is 0 Å². The summed E-state index contributed by atoms with van der Waals surface area (Å²) in [7, 11) is 0. The van der Waals surface area contributed by atoms with Crippen molar-refractivity contribution >= 4 is 11.9 Å². The first-order valence-electron chi connectivity index (χ1n) is 10.9. The lowest BCUT2D eigenvalue weighted by Gasteiger charge is -2.21. The number of esters is 2. The highest BCUT2D eigenvalue weighted by atomic mass is 16.5. The molecule has 1 aliphatic heterocycles. The number of carbonyl (C=O) groups excluding carboxylic acids is 2. The maximum atomic E-state index is 11.7. The van der Waals surface area contributed by atoms with E-state index in [-0.39, 0.29) is 12.0 Å². The molecule has 0 aromatic rings. The molecule has 0 radical (unpaired) electrons. The monoisotopic (exact) mass is 381 g/mol. The van der Waals surface area contributed by atoms with Gasteiger partial charge in [-0.25, -0.2) is 4.79 Å². The zero-order chi connectivity index (χ0) is 19.7. The predicted molar refractivity (Wildman–Crippen MR) is 109 cm³/mol. The molecule has 0 saturated carbocycles. The van der Waals surface area contributed by atoms with Crippen molar-refractivity contribution in [1.82, 2.24) is 4.90 Å². The van der Waals surface area contributed by atoms with Crippen molar-refractivity contribution in [3.05, 3.63) is 12.2 Å². The summed E-state index contributed by atoms with van der Waals surface area (Å²) in [5.74, 6) is -0.906. The van der Waals surface area contributed by atoms with Crippen LogP contribution in [0.5, 0.6) is 0 Å². The van der Waals surface area contributed by atoms with E-state index in [1.54, 1.807) is 0 Å². The smallest absolute Gasteiger partial charge is 0.334 e. The van der Waals surface area contributed by atoms with Crippen molar-refractivity contribution in [3.8, 4) is 0 Å². The maximum absolute atomic E-state index is 11.7. The summed E-state index contributed by atoms with van der Waals surface area (Å²) in [6, 6.07) is 0. The van der Waals surface area contributed by atoms with Crippen molar-refractivity contribution in [3.63, 3.8) is 0 Å². The molecule has 1 saturated heterocycles. The average molecular weight is 382 g/mol. The first-order chi connectivity index (χ1) is 13.1. The number of carbonyl (C=O) groups is 2. The molecule has 156 valence electrons. The predicted octanol–water partition coefficient (Wildman–Crippen LogP) is 4.65. The first-order valence-corrected chi connectivity index (χ1v) is 10.9. The number of rotatable bonds is 12. The van der Waals surface area contributed by atoms with E-state index in [1.807, 2.05) is 0 Å². The Labute approximate surface area is 165 Å². The topological polar surface area (TPSA) is 55.8 Å². The standard InChI is InChI=1S/C22H39NO4/c1-3-4-5-6-7-8-9-10-11-12-13-14-23-15-17-26-21(24)19-20(2)22(25)27-18-16-23/h2-19H2,1H3. The van der Waals surface area contributed by atoms with Gasteiger partial charge in [0.1, 0.15) is 13.2 Å². The second kappa shape index (κ2) is 15.7. The second-order valence-corrected chi connectivity index (χ2v) is 7.51. The summed E-state index contributed by atoms with van der Waals surface area (Å²) in [5.41, 5.74) is 0.166. The Morgan fingerprint density at radius 3 is 1.93 bits per heavy atom. The second-order valence-electron chi connectivity index (χ2n) is 7.51. The van der Waals surface area contributed by atoms with Crippen molar-refractivity contribution in [1.29, 1.82) is 0 Å². The lowest BCUT2D eigenvalue weighted by atomic mass is 10.1. The molecule has 1 fully saturated rings. The molecule has 0 aromatic carbocycles. The summed E-state index contributed by atoms with van der Waals surface area (Å²) in [6.45, 7) is 8.86. The molecule has 1 heterocycles. The van der Waals surface area contributed by atoms with E-state index in [0.29, 0.717) is 26.3 Å². The Kier molecular flexibility index (Phi) is 13.7. The molecule has 1 aliphatic rings.